The second kappa shape index (κ2) is 17.5. The van der Waals surface area contributed by atoms with Crippen LogP contribution >= 0.6 is 0 Å². The number of hydrogen-bond acceptors (Lipinski definition) is 3. The van der Waals surface area contributed by atoms with Crippen molar-refractivity contribution in [3.05, 3.63) is 12.2 Å². The van der Waals surface area contributed by atoms with Gasteiger partial charge in [-0.05, 0) is 32.1 Å². The third-order valence-corrected chi connectivity index (χ3v) is 5.73. The lowest BCUT2D eigenvalue weighted by molar-refractivity contribution is -0.509. The first-order valence-electron chi connectivity index (χ1n) is 12.0. The van der Waals surface area contributed by atoms with Gasteiger partial charge in [-0.15, -0.1) is 0 Å². The molecule has 0 unspecified atom stereocenters. The van der Waals surface area contributed by atoms with E-state index in [2.05, 4.69) is 24.0 Å². The molecule has 0 atom stereocenters. The van der Waals surface area contributed by atoms with E-state index in [1.54, 1.807) is 0 Å². The van der Waals surface area contributed by atoms with Crippen molar-refractivity contribution in [3.63, 3.8) is 0 Å². The van der Waals surface area contributed by atoms with E-state index in [-0.39, 0.29) is 13.2 Å². The van der Waals surface area contributed by atoms with Crippen molar-refractivity contribution in [1.82, 2.24) is 4.90 Å². The number of aliphatic hydroxyl groups is 1. The zero-order chi connectivity index (χ0) is 21.2. The molecule has 0 fully saturated rings. The smallest absolute Gasteiger partial charge is 0.345 e. The lowest BCUT2D eigenvalue weighted by Gasteiger charge is -2.12. The zero-order valence-electron chi connectivity index (χ0n) is 18.8. The SMILES string of the molecule is CCCCCCCC/C=C\CCCCCCCC1=[N+](CC(=O)O)CCN1CCO. The van der Waals surface area contributed by atoms with Gasteiger partial charge in [0.2, 0.25) is 5.84 Å². The van der Waals surface area contributed by atoms with Gasteiger partial charge in [0.15, 0.2) is 6.54 Å². The van der Waals surface area contributed by atoms with Crippen LogP contribution in [0.25, 0.3) is 0 Å². The average Bonchev–Trinajstić information content (AvgIpc) is 3.06. The molecule has 5 heteroatoms. The van der Waals surface area contributed by atoms with Crippen LogP contribution in [0.1, 0.15) is 96.8 Å². The summed E-state index contributed by atoms with van der Waals surface area (Å²) in [6.07, 6.45) is 22.4. The second-order valence-corrected chi connectivity index (χ2v) is 8.28. The lowest BCUT2D eigenvalue weighted by atomic mass is 10.1. The molecule has 5 nitrogen and oxygen atoms in total. The summed E-state index contributed by atoms with van der Waals surface area (Å²) in [7, 11) is 0. The Morgan fingerprint density at radius 1 is 0.966 bits per heavy atom. The monoisotopic (exact) mass is 409 g/mol. The minimum atomic E-state index is -0.780. The van der Waals surface area contributed by atoms with Crippen LogP contribution in [0.4, 0.5) is 0 Å². The fourth-order valence-electron chi connectivity index (χ4n) is 4.06. The molecule has 0 amide bonds. The lowest BCUT2D eigenvalue weighted by Crippen LogP contribution is -2.33. The maximum absolute atomic E-state index is 11.0. The summed E-state index contributed by atoms with van der Waals surface area (Å²) in [5, 5.41) is 18.3. The van der Waals surface area contributed by atoms with Crippen molar-refractivity contribution in [2.75, 3.05) is 32.8 Å². The van der Waals surface area contributed by atoms with Crippen LogP contribution < -0.4 is 0 Å². The third-order valence-electron chi connectivity index (χ3n) is 5.73. The van der Waals surface area contributed by atoms with Gasteiger partial charge in [0.1, 0.15) is 19.6 Å². The van der Waals surface area contributed by atoms with Crippen LogP contribution in [0.5, 0.6) is 0 Å². The molecule has 1 rings (SSSR count). The number of aliphatic carboxylic acids is 1. The molecule has 29 heavy (non-hydrogen) atoms. The first-order chi connectivity index (χ1) is 14.2. The molecule has 0 bridgehead atoms. The molecule has 0 aromatic carbocycles. The summed E-state index contributed by atoms with van der Waals surface area (Å²) in [6.45, 7) is 4.65. The number of aliphatic hydroxyl groups excluding tert-OH is 1. The van der Waals surface area contributed by atoms with Crippen LogP contribution in [0.2, 0.25) is 0 Å². The van der Waals surface area contributed by atoms with Crippen molar-refractivity contribution in [1.29, 1.82) is 0 Å². The first-order valence-corrected chi connectivity index (χ1v) is 12.0. The molecule has 0 spiro atoms. The molecule has 0 saturated carbocycles. The van der Waals surface area contributed by atoms with E-state index in [9.17, 15) is 9.90 Å². The Morgan fingerprint density at radius 2 is 1.55 bits per heavy atom. The number of hydrogen-bond donors (Lipinski definition) is 2. The fourth-order valence-corrected chi connectivity index (χ4v) is 4.06. The number of β-amino-alcohol motifs (C(OH)–C–C–N with tert-alkyl or cyclic N) is 1. The molecular formula is C24H45N2O3+. The van der Waals surface area contributed by atoms with Crippen LogP contribution in [0, 0.1) is 0 Å². The summed E-state index contributed by atoms with van der Waals surface area (Å²) in [5.74, 6) is 0.331. The summed E-state index contributed by atoms with van der Waals surface area (Å²) in [5.41, 5.74) is 0. The normalized spacial score (nSPS) is 14.5. The second-order valence-electron chi connectivity index (χ2n) is 8.28. The fraction of sp³-hybridized carbons (Fsp3) is 0.833. The number of carbonyl (C=O) groups is 1. The van der Waals surface area contributed by atoms with Crippen LogP contribution in [0.15, 0.2) is 12.2 Å². The molecule has 1 aliphatic heterocycles. The number of nitrogens with zero attached hydrogens (tertiary/aromatic N) is 2. The van der Waals surface area contributed by atoms with Gasteiger partial charge in [0.25, 0.3) is 0 Å². The number of unbranched alkanes of at least 4 members (excludes halogenated alkanes) is 11. The number of allylic oxidation sites excluding steroid dienone is 2. The molecule has 0 aliphatic carbocycles. The number of carboxylic acids is 1. The Morgan fingerprint density at radius 3 is 2.14 bits per heavy atom. The van der Waals surface area contributed by atoms with E-state index >= 15 is 0 Å². The Hall–Kier alpha value is -1.36. The van der Waals surface area contributed by atoms with Crippen molar-refractivity contribution in [2.24, 2.45) is 0 Å². The molecular weight excluding hydrogens is 364 g/mol. The quantitative estimate of drug-likeness (QED) is 0.182. The predicted molar refractivity (Wildman–Crippen MR) is 121 cm³/mol. The first kappa shape index (κ1) is 25.7. The summed E-state index contributed by atoms with van der Waals surface area (Å²) in [6, 6.07) is 0. The van der Waals surface area contributed by atoms with E-state index in [0.29, 0.717) is 6.54 Å². The third kappa shape index (κ3) is 12.7. The number of carboxylic acid groups (broad SMARTS) is 1. The van der Waals surface area contributed by atoms with Crippen LogP contribution in [0.3, 0.4) is 0 Å². The largest absolute Gasteiger partial charge is 0.478 e. The van der Waals surface area contributed by atoms with E-state index in [0.717, 1.165) is 31.8 Å². The van der Waals surface area contributed by atoms with Crippen LogP contribution in [-0.4, -0.2) is 64.3 Å². The highest BCUT2D eigenvalue weighted by Crippen LogP contribution is 2.13. The van der Waals surface area contributed by atoms with Crippen molar-refractivity contribution in [3.8, 4) is 0 Å². The number of rotatable bonds is 19. The molecule has 0 aromatic heterocycles. The van der Waals surface area contributed by atoms with Gasteiger partial charge < -0.3 is 10.2 Å². The van der Waals surface area contributed by atoms with E-state index in [4.69, 9.17) is 5.11 Å². The van der Waals surface area contributed by atoms with Gasteiger partial charge in [0.05, 0.1) is 6.61 Å². The van der Waals surface area contributed by atoms with E-state index in [1.165, 1.54) is 77.0 Å². The van der Waals surface area contributed by atoms with E-state index in [1.807, 2.05) is 4.58 Å². The molecule has 2 N–H and O–H groups in total. The molecule has 0 aromatic rings. The summed E-state index contributed by atoms with van der Waals surface area (Å²) < 4.78 is 1.96. The van der Waals surface area contributed by atoms with Gasteiger partial charge in [-0.1, -0.05) is 70.4 Å². The van der Waals surface area contributed by atoms with Crippen molar-refractivity contribution >= 4 is 11.8 Å². The molecule has 0 saturated heterocycles. The maximum Gasteiger partial charge on any atom is 0.345 e. The molecule has 0 radical (unpaired) electrons. The highest BCUT2D eigenvalue weighted by molar-refractivity contribution is 5.79. The highest BCUT2D eigenvalue weighted by atomic mass is 16.4. The van der Waals surface area contributed by atoms with Crippen molar-refractivity contribution < 1.29 is 19.6 Å². The zero-order valence-corrected chi connectivity index (χ0v) is 18.8. The summed E-state index contributed by atoms with van der Waals surface area (Å²) >= 11 is 0. The maximum atomic E-state index is 11.0. The number of amidine groups is 1. The van der Waals surface area contributed by atoms with Gasteiger partial charge >= 0.3 is 5.97 Å². The Balaban J connectivity index is 2.05. The van der Waals surface area contributed by atoms with Gasteiger partial charge in [-0.3, -0.25) is 9.48 Å². The summed E-state index contributed by atoms with van der Waals surface area (Å²) in [4.78, 5) is 13.2. The molecule has 1 heterocycles. The van der Waals surface area contributed by atoms with Crippen molar-refractivity contribution in [2.45, 2.75) is 96.8 Å². The standard InChI is InChI=1S/C24H44N2O3/c1-2-3-4-5-6-7-8-9-10-11-12-13-14-15-16-17-23-25(20-21-27)18-19-26(23)22-24(28)29/h9-10,27H,2-8,11-22H2,1H3/p+1/b10-9-. The Labute approximate surface area is 178 Å². The van der Waals surface area contributed by atoms with Gasteiger partial charge in [-0.25, -0.2) is 4.79 Å². The van der Waals surface area contributed by atoms with Gasteiger partial charge in [0, 0.05) is 6.42 Å². The van der Waals surface area contributed by atoms with Crippen LogP contribution in [-0.2, 0) is 4.79 Å². The topological polar surface area (TPSA) is 63.8 Å². The molecule has 168 valence electrons. The minimum absolute atomic E-state index is 0.0718. The minimum Gasteiger partial charge on any atom is -0.478 e. The average molecular weight is 410 g/mol. The Bertz CT molecular complexity index is 489. The molecule has 1 aliphatic rings. The van der Waals surface area contributed by atoms with Gasteiger partial charge in [-0.2, -0.15) is 0 Å². The van der Waals surface area contributed by atoms with E-state index < -0.39 is 5.97 Å². The highest BCUT2D eigenvalue weighted by Gasteiger charge is 2.30. The predicted octanol–water partition coefficient (Wildman–Crippen LogP) is 4.83. The Kier molecular flexibility index (Phi) is 15.5.